The van der Waals surface area contributed by atoms with Gasteiger partial charge in [0.2, 0.25) is 10.0 Å². The molecule has 1 aliphatic heterocycles. The lowest BCUT2D eigenvalue weighted by molar-refractivity contribution is 0.0890. The van der Waals surface area contributed by atoms with E-state index in [1.54, 1.807) is 25.4 Å². The van der Waals surface area contributed by atoms with Crippen LogP contribution in [-0.2, 0) is 21.3 Å². The minimum absolute atomic E-state index is 0.114. The highest BCUT2D eigenvalue weighted by Crippen LogP contribution is 2.38. The number of aromatic nitrogens is 3. The van der Waals surface area contributed by atoms with E-state index in [4.69, 9.17) is 9.84 Å². The van der Waals surface area contributed by atoms with Gasteiger partial charge in [-0.3, -0.25) is 9.48 Å². The summed E-state index contributed by atoms with van der Waals surface area (Å²) in [6.45, 7) is 5.01. The molecular formula is C27H34N6O4S. The molecule has 0 spiro atoms. The molecule has 5 rings (SSSR count). The Kier molecular flexibility index (Phi) is 7.07. The van der Waals surface area contributed by atoms with Crippen LogP contribution in [0.5, 0.6) is 0 Å². The summed E-state index contributed by atoms with van der Waals surface area (Å²) in [5, 5.41) is 18.3. The third kappa shape index (κ3) is 4.84. The van der Waals surface area contributed by atoms with Crippen LogP contribution in [0.4, 0.5) is 11.5 Å². The molecule has 0 bridgehead atoms. The van der Waals surface area contributed by atoms with Crippen LogP contribution < -0.4 is 10.9 Å². The monoisotopic (exact) mass is 538 g/mol. The van der Waals surface area contributed by atoms with Gasteiger partial charge in [0.15, 0.2) is 5.82 Å². The molecular weight excluding hydrogens is 504 g/mol. The maximum atomic E-state index is 13.2. The van der Waals surface area contributed by atoms with E-state index in [2.05, 4.69) is 16.4 Å². The fourth-order valence-corrected chi connectivity index (χ4v) is 7.61. The van der Waals surface area contributed by atoms with E-state index in [9.17, 15) is 18.5 Å². The quantitative estimate of drug-likeness (QED) is 0.429. The number of nitrogens with zero attached hydrogens (tertiary/aromatic N) is 4. The number of pyridine rings is 1. The predicted molar refractivity (Wildman–Crippen MR) is 145 cm³/mol. The summed E-state index contributed by atoms with van der Waals surface area (Å²) in [7, 11) is -2.00. The zero-order valence-corrected chi connectivity index (χ0v) is 22.8. The Hall–Kier alpha value is -3.20. The summed E-state index contributed by atoms with van der Waals surface area (Å²) >= 11 is 0. The van der Waals surface area contributed by atoms with Crippen molar-refractivity contribution in [1.29, 1.82) is 5.26 Å². The Morgan fingerprint density at radius 1 is 1.24 bits per heavy atom. The first-order chi connectivity index (χ1) is 18.1. The van der Waals surface area contributed by atoms with Gasteiger partial charge < -0.3 is 15.0 Å². The molecule has 0 radical (unpaired) electrons. The molecule has 1 saturated carbocycles. The van der Waals surface area contributed by atoms with Crippen molar-refractivity contribution in [2.45, 2.75) is 63.4 Å². The summed E-state index contributed by atoms with van der Waals surface area (Å²) < 4.78 is 35.0. The zero-order chi connectivity index (χ0) is 27.1. The molecule has 11 heteroatoms. The Labute approximate surface area is 222 Å². The molecule has 1 aliphatic carbocycles. The lowest BCUT2D eigenvalue weighted by atomic mass is 9.95. The van der Waals surface area contributed by atoms with Crippen molar-refractivity contribution in [2.75, 3.05) is 25.6 Å². The number of sulfonamides is 1. The summed E-state index contributed by atoms with van der Waals surface area (Å²) in [6, 6.07) is 9.28. The average molecular weight is 539 g/mol. The van der Waals surface area contributed by atoms with Crippen molar-refractivity contribution in [2.24, 2.45) is 11.3 Å². The number of ether oxygens (including phenoxy) is 1. The lowest BCUT2D eigenvalue weighted by Gasteiger charge is -2.28. The van der Waals surface area contributed by atoms with Crippen molar-refractivity contribution >= 4 is 32.4 Å². The van der Waals surface area contributed by atoms with Gasteiger partial charge in [-0.25, -0.2) is 8.42 Å². The van der Waals surface area contributed by atoms with Crippen LogP contribution in [0.2, 0.25) is 0 Å². The van der Waals surface area contributed by atoms with Crippen LogP contribution in [0, 0.1) is 22.7 Å². The van der Waals surface area contributed by atoms with Gasteiger partial charge in [0.25, 0.3) is 5.56 Å². The van der Waals surface area contributed by atoms with E-state index in [0.717, 1.165) is 32.1 Å². The summed E-state index contributed by atoms with van der Waals surface area (Å²) in [5.74, 6) is 0.216. The smallest absolute Gasteiger partial charge is 0.261 e. The van der Waals surface area contributed by atoms with Crippen LogP contribution >= 0.6 is 0 Å². The van der Waals surface area contributed by atoms with Gasteiger partial charge in [-0.15, -0.1) is 0 Å². The van der Waals surface area contributed by atoms with Crippen molar-refractivity contribution < 1.29 is 13.2 Å². The second-order valence-electron chi connectivity index (χ2n) is 11.1. The molecule has 1 unspecified atom stereocenters. The number of nitrogens with one attached hydrogen (secondary N) is 2. The van der Waals surface area contributed by atoms with Crippen molar-refractivity contribution in [3.05, 3.63) is 46.4 Å². The van der Waals surface area contributed by atoms with E-state index < -0.39 is 10.0 Å². The minimum Gasteiger partial charge on any atom is -0.384 e. The average Bonchev–Trinajstić information content (AvgIpc) is 3.21. The van der Waals surface area contributed by atoms with Gasteiger partial charge in [-0.1, -0.05) is 33.1 Å². The van der Waals surface area contributed by atoms with E-state index in [-0.39, 0.29) is 29.5 Å². The molecule has 202 valence electrons. The lowest BCUT2D eigenvalue weighted by Crippen LogP contribution is -2.37. The number of anilines is 2. The molecule has 1 fully saturated rings. The number of fused-ring (bicyclic) bond motifs is 2. The number of hydrogen-bond donors (Lipinski definition) is 2. The molecule has 1 aromatic carbocycles. The number of aromatic amines is 1. The molecule has 0 saturated heterocycles. The van der Waals surface area contributed by atoms with Crippen LogP contribution in [-0.4, -0.2) is 47.7 Å². The van der Waals surface area contributed by atoms with Gasteiger partial charge in [-0.05, 0) is 42.7 Å². The molecule has 2 atom stereocenters. The maximum absolute atomic E-state index is 13.2. The van der Waals surface area contributed by atoms with E-state index >= 15 is 0 Å². The second-order valence-corrected chi connectivity index (χ2v) is 13.0. The summed E-state index contributed by atoms with van der Waals surface area (Å²) in [6.07, 6.45) is 6.34. The molecule has 0 amide bonds. The number of methoxy groups -OCH3 is 1. The molecule has 10 nitrogen and oxygen atoms in total. The number of H-pyrrole nitrogens is 1. The van der Waals surface area contributed by atoms with Crippen molar-refractivity contribution in [3.63, 3.8) is 0 Å². The summed E-state index contributed by atoms with van der Waals surface area (Å²) in [5.41, 5.74) is 1.41. The molecule has 2 N–H and O–H groups in total. The Morgan fingerprint density at radius 3 is 2.79 bits per heavy atom. The van der Waals surface area contributed by atoms with E-state index in [1.807, 2.05) is 30.7 Å². The molecule has 2 aromatic heterocycles. The molecule has 3 aromatic rings. The van der Waals surface area contributed by atoms with Gasteiger partial charge in [0.1, 0.15) is 5.39 Å². The maximum Gasteiger partial charge on any atom is 0.261 e. The van der Waals surface area contributed by atoms with Crippen LogP contribution in [0.3, 0.4) is 0 Å². The zero-order valence-electron chi connectivity index (χ0n) is 22.0. The second kappa shape index (κ2) is 10.2. The minimum atomic E-state index is -3.61. The summed E-state index contributed by atoms with van der Waals surface area (Å²) in [4.78, 5) is 15.9. The fraction of sp³-hybridized carbons (Fsp3) is 0.519. The van der Waals surface area contributed by atoms with E-state index in [0.29, 0.717) is 46.0 Å². The normalized spacial score (nSPS) is 21.6. The fourth-order valence-electron chi connectivity index (χ4n) is 5.81. The highest BCUT2D eigenvalue weighted by atomic mass is 32.2. The van der Waals surface area contributed by atoms with E-state index in [1.165, 1.54) is 4.31 Å². The third-order valence-corrected chi connectivity index (χ3v) is 9.41. The van der Waals surface area contributed by atoms with Gasteiger partial charge in [0.05, 0.1) is 35.0 Å². The largest absolute Gasteiger partial charge is 0.384 e. The Bertz CT molecular complexity index is 1550. The first kappa shape index (κ1) is 26.4. The third-order valence-electron chi connectivity index (χ3n) is 7.52. The highest BCUT2D eigenvalue weighted by Gasteiger charge is 2.38. The van der Waals surface area contributed by atoms with Crippen LogP contribution in [0.15, 0.2) is 40.2 Å². The Morgan fingerprint density at radius 2 is 2.03 bits per heavy atom. The predicted octanol–water partition coefficient (Wildman–Crippen LogP) is 4.29. The number of benzene rings is 1. The van der Waals surface area contributed by atoms with Crippen LogP contribution in [0.1, 0.15) is 57.6 Å². The number of hydrogen-bond acceptors (Lipinski definition) is 7. The number of rotatable bonds is 7. The Balaban J connectivity index is 1.49. The standard InChI is InChI=1S/C27H34N6O4S/c1-27(2,17-37-3)16-32-15-19-13-20(9-10-23(19)38(32,35)36)30-25-24-22(11-12-29-26(24)34)33(31-25)21-8-6-4-5-7-18(21)14-28/h9-13,18,21H,4-8,15-17H2,1-3H3,(H,29,34)(H,30,31)/t18?,21-/m1/s1. The van der Waals surface area contributed by atoms with Crippen molar-refractivity contribution in [1.82, 2.24) is 19.1 Å². The molecule has 3 heterocycles. The number of nitriles is 1. The van der Waals surface area contributed by atoms with Crippen LogP contribution in [0.25, 0.3) is 10.9 Å². The first-order valence-corrected chi connectivity index (χ1v) is 14.5. The van der Waals surface area contributed by atoms with Gasteiger partial charge in [0, 0.05) is 37.5 Å². The SMILES string of the molecule is COCC(C)(C)CN1Cc2cc(Nc3nn([C@@H]4CCCCCC4C#N)c4cc[nH]c(=O)c34)ccc2S1(=O)=O. The topological polar surface area (TPSA) is 133 Å². The molecule has 2 aliphatic rings. The van der Waals surface area contributed by atoms with Crippen molar-refractivity contribution in [3.8, 4) is 6.07 Å². The highest BCUT2D eigenvalue weighted by molar-refractivity contribution is 7.89. The first-order valence-electron chi connectivity index (χ1n) is 13.0. The van der Waals surface area contributed by atoms with Gasteiger partial charge in [-0.2, -0.15) is 14.7 Å². The molecule has 38 heavy (non-hydrogen) atoms. The van der Waals surface area contributed by atoms with Gasteiger partial charge >= 0.3 is 0 Å².